The predicted molar refractivity (Wildman–Crippen MR) is 139 cm³/mol. The Kier molecular flexibility index (Phi) is 7.59. The third kappa shape index (κ3) is 6.71. The van der Waals surface area contributed by atoms with Gasteiger partial charge in [-0.1, -0.05) is 6.92 Å². The molecule has 186 valence electrons. The van der Waals surface area contributed by atoms with E-state index in [9.17, 15) is 0 Å². The second-order valence-electron chi connectivity index (χ2n) is 11.6. The summed E-state index contributed by atoms with van der Waals surface area (Å²) in [6, 6.07) is 0. The largest absolute Gasteiger partial charge is 0.415 e. The molecule has 0 aromatic carbocycles. The lowest BCUT2D eigenvalue weighted by molar-refractivity contribution is -0.0457. The zero-order chi connectivity index (χ0) is 24.8. The van der Waals surface area contributed by atoms with Crippen LogP contribution in [0, 0.1) is 0 Å². The number of rotatable bonds is 9. The number of nitrogens with two attached hydrogens (primary N) is 1. The van der Waals surface area contributed by atoms with Crippen molar-refractivity contribution in [1.29, 1.82) is 0 Å². The number of hydrogen-bond donors (Lipinski definition) is 1. The number of nitrogen functional groups attached to an aromatic ring is 1. The summed E-state index contributed by atoms with van der Waals surface area (Å²) in [6.45, 7) is 22.1. The van der Waals surface area contributed by atoms with Gasteiger partial charge in [-0.05, 0) is 58.9 Å². The van der Waals surface area contributed by atoms with E-state index in [1.165, 1.54) is 0 Å². The second kappa shape index (κ2) is 9.47. The number of fused-ring (bicyclic) bond motifs is 1. The molecule has 9 nitrogen and oxygen atoms in total. The summed E-state index contributed by atoms with van der Waals surface area (Å²) >= 11 is 0. The summed E-state index contributed by atoms with van der Waals surface area (Å²) in [6.07, 6.45) is 1.16. The Bertz CT molecular complexity index is 968. The number of hydrogen-bond acceptors (Lipinski definition) is 8. The summed E-state index contributed by atoms with van der Waals surface area (Å²) in [5, 5.41) is 0. The molecule has 1 saturated heterocycles. The number of aryl methyl sites for hydroxylation is 1. The maximum atomic E-state index is 6.74. The molecule has 0 spiro atoms. The second-order valence-corrected chi connectivity index (χ2v) is 25.0. The molecule has 3 heterocycles. The molecule has 0 aliphatic carbocycles. The molecule has 33 heavy (non-hydrogen) atoms. The summed E-state index contributed by atoms with van der Waals surface area (Å²) in [4.78, 5) is 13.6. The van der Waals surface area contributed by atoms with Crippen LogP contribution < -0.4 is 5.73 Å². The van der Waals surface area contributed by atoms with Crippen molar-refractivity contribution < 1.29 is 18.0 Å². The van der Waals surface area contributed by atoms with Gasteiger partial charge in [0, 0.05) is 6.42 Å². The number of nitrogens with zero attached hydrogens (tertiary/aromatic N) is 4. The quantitative estimate of drug-likeness (QED) is 0.500. The Morgan fingerprint density at radius 2 is 1.55 bits per heavy atom. The van der Waals surface area contributed by atoms with Gasteiger partial charge in [0.05, 0.1) is 12.9 Å². The average Bonchev–Trinajstić information content (AvgIpc) is 3.19. The van der Waals surface area contributed by atoms with Crippen LogP contribution in [0.1, 0.15) is 19.0 Å². The van der Waals surface area contributed by atoms with E-state index in [-0.39, 0.29) is 18.3 Å². The Balaban J connectivity index is 2.08. The standard InChI is InChI=1S/C21H41N5O4Si3/c1-11-15-24-19(22)16-20(25-15)26(13-23-16)21-18(30-33(8,9)10)17(29-32(5,6)7)14(28-21)12-27-31(2,3)4/h13-14,17-18,21H,11-12H2,1-10H3,(H2,22,24,25)/t14-,17-,18-,21-/m1/s1. The number of aromatic nitrogens is 4. The van der Waals surface area contributed by atoms with E-state index in [2.05, 4.69) is 68.9 Å². The minimum absolute atomic E-state index is 0.243. The van der Waals surface area contributed by atoms with Crippen LogP contribution >= 0.6 is 0 Å². The van der Waals surface area contributed by atoms with Crippen LogP contribution in [0.25, 0.3) is 11.2 Å². The van der Waals surface area contributed by atoms with Crippen molar-refractivity contribution in [3.8, 4) is 0 Å². The highest BCUT2D eigenvalue weighted by Crippen LogP contribution is 2.38. The summed E-state index contributed by atoms with van der Waals surface area (Å²) in [5.74, 6) is 1.06. The average molecular weight is 512 g/mol. The fourth-order valence-electron chi connectivity index (χ4n) is 3.81. The van der Waals surface area contributed by atoms with Crippen LogP contribution in [0.5, 0.6) is 0 Å². The highest BCUT2D eigenvalue weighted by Gasteiger charge is 2.50. The van der Waals surface area contributed by atoms with Crippen molar-refractivity contribution in [3.05, 3.63) is 12.2 Å². The van der Waals surface area contributed by atoms with Crippen molar-refractivity contribution in [1.82, 2.24) is 19.5 Å². The smallest absolute Gasteiger partial charge is 0.184 e. The SMILES string of the molecule is CCc1nc(N)c2ncn([C@@H]3O[C@H](CO[Si](C)(C)C)[C@@H](O[Si](C)(C)C)[C@H]3O[Si](C)(C)C)c2n1. The first-order valence-electron chi connectivity index (χ1n) is 11.7. The number of anilines is 1. The summed E-state index contributed by atoms with van der Waals surface area (Å²) in [7, 11) is -5.60. The molecule has 0 unspecified atom stereocenters. The fourth-order valence-corrected chi connectivity index (χ4v) is 6.65. The van der Waals surface area contributed by atoms with Crippen LogP contribution in [-0.4, -0.2) is 69.4 Å². The van der Waals surface area contributed by atoms with E-state index in [1.54, 1.807) is 6.33 Å². The van der Waals surface area contributed by atoms with E-state index in [4.69, 9.17) is 28.7 Å². The molecule has 0 amide bonds. The molecule has 2 aromatic heterocycles. The highest BCUT2D eigenvalue weighted by molar-refractivity contribution is 6.70. The van der Waals surface area contributed by atoms with Gasteiger partial charge in [-0.3, -0.25) is 4.57 Å². The zero-order valence-electron chi connectivity index (χ0n) is 21.8. The monoisotopic (exact) mass is 511 g/mol. The summed E-state index contributed by atoms with van der Waals surface area (Å²) < 4.78 is 28.3. The van der Waals surface area contributed by atoms with Crippen LogP contribution in [-0.2, 0) is 24.4 Å². The molecule has 2 N–H and O–H groups in total. The van der Waals surface area contributed by atoms with E-state index < -0.39 is 31.2 Å². The van der Waals surface area contributed by atoms with E-state index in [1.807, 2.05) is 11.5 Å². The molecule has 1 aliphatic rings. The van der Waals surface area contributed by atoms with Crippen molar-refractivity contribution in [3.63, 3.8) is 0 Å². The molecule has 1 fully saturated rings. The first kappa shape index (κ1) is 26.4. The van der Waals surface area contributed by atoms with Crippen molar-refractivity contribution in [2.24, 2.45) is 0 Å². The minimum atomic E-state index is -1.95. The molecule has 3 rings (SSSR count). The normalized spacial score (nSPS) is 24.7. The maximum Gasteiger partial charge on any atom is 0.184 e. The molecule has 0 bridgehead atoms. The lowest BCUT2D eigenvalue weighted by Gasteiger charge is -2.34. The first-order chi connectivity index (χ1) is 15.1. The van der Waals surface area contributed by atoms with Crippen LogP contribution in [0.15, 0.2) is 6.33 Å². The van der Waals surface area contributed by atoms with Gasteiger partial charge in [-0.2, -0.15) is 0 Å². The van der Waals surface area contributed by atoms with Gasteiger partial charge in [-0.25, -0.2) is 15.0 Å². The van der Waals surface area contributed by atoms with Crippen molar-refractivity contribution >= 4 is 41.9 Å². The topological polar surface area (TPSA) is 107 Å². The van der Waals surface area contributed by atoms with Crippen LogP contribution in [0.4, 0.5) is 5.82 Å². The third-order valence-electron chi connectivity index (χ3n) is 5.03. The van der Waals surface area contributed by atoms with Crippen molar-refractivity contribution in [2.75, 3.05) is 12.3 Å². The number of ether oxygens (including phenoxy) is 1. The number of imidazole rings is 1. The molecular weight excluding hydrogens is 471 g/mol. The van der Waals surface area contributed by atoms with E-state index in [0.717, 1.165) is 0 Å². The zero-order valence-corrected chi connectivity index (χ0v) is 24.8. The van der Waals surface area contributed by atoms with Gasteiger partial charge in [0.15, 0.2) is 42.6 Å². The van der Waals surface area contributed by atoms with Gasteiger partial charge >= 0.3 is 0 Å². The molecule has 0 saturated carbocycles. The van der Waals surface area contributed by atoms with Crippen LogP contribution in [0.2, 0.25) is 58.9 Å². The Morgan fingerprint density at radius 1 is 0.939 bits per heavy atom. The lowest BCUT2D eigenvalue weighted by Crippen LogP contribution is -2.48. The molecule has 2 aromatic rings. The molecule has 4 atom stereocenters. The molecular formula is C21H41N5O4Si3. The van der Waals surface area contributed by atoms with Gasteiger partial charge < -0.3 is 23.7 Å². The Morgan fingerprint density at radius 3 is 2.09 bits per heavy atom. The maximum absolute atomic E-state index is 6.74. The molecule has 1 aliphatic heterocycles. The lowest BCUT2D eigenvalue weighted by atomic mass is 10.1. The first-order valence-corrected chi connectivity index (χ1v) is 21.9. The van der Waals surface area contributed by atoms with Gasteiger partial charge in [0.25, 0.3) is 0 Å². The third-order valence-corrected chi connectivity index (χ3v) is 8.02. The van der Waals surface area contributed by atoms with Crippen molar-refractivity contribution in [2.45, 2.75) is 96.8 Å². The van der Waals surface area contributed by atoms with Crippen LogP contribution in [0.3, 0.4) is 0 Å². The van der Waals surface area contributed by atoms with Gasteiger partial charge in [0.2, 0.25) is 0 Å². The van der Waals surface area contributed by atoms with E-state index >= 15 is 0 Å². The highest BCUT2D eigenvalue weighted by atomic mass is 28.4. The molecule has 12 heteroatoms. The summed E-state index contributed by atoms with van der Waals surface area (Å²) in [5.41, 5.74) is 7.42. The minimum Gasteiger partial charge on any atom is -0.415 e. The molecule has 0 radical (unpaired) electrons. The van der Waals surface area contributed by atoms with Gasteiger partial charge in [0.1, 0.15) is 29.7 Å². The van der Waals surface area contributed by atoms with Gasteiger partial charge in [-0.15, -0.1) is 0 Å². The fraction of sp³-hybridized carbons (Fsp3) is 0.762. The predicted octanol–water partition coefficient (Wildman–Crippen LogP) is 4.16. The Hall–Kier alpha value is -1.16. The Labute approximate surface area is 200 Å². The van der Waals surface area contributed by atoms with E-state index in [0.29, 0.717) is 35.8 Å².